The van der Waals surface area contributed by atoms with E-state index in [4.69, 9.17) is 4.42 Å². The number of likely N-dealkylation sites (tertiary alicyclic amines) is 1. The number of rotatable bonds is 2. The van der Waals surface area contributed by atoms with Crippen molar-refractivity contribution in [3.63, 3.8) is 0 Å². The van der Waals surface area contributed by atoms with Crippen LogP contribution in [0.3, 0.4) is 0 Å². The third kappa shape index (κ3) is 2.90. The van der Waals surface area contributed by atoms with Crippen molar-refractivity contribution in [2.75, 3.05) is 13.1 Å². The lowest BCUT2D eigenvalue weighted by Crippen LogP contribution is -2.45. The van der Waals surface area contributed by atoms with Crippen molar-refractivity contribution in [1.82, 2.24) is 4.90 Å². The third-order valence-corrected chi connectivity index (χ3v) is 5.38. The van der Waals surface area contributed by atoms with E-state index in [1.807, 2.05) is 62.4 Å². The molecular formula is C22H23NO3. The fourth-order valence-corrected chi connectivity index (χ4v) is 3.89. The Balaban J connectivity index is 1.56. The zero-order chi connectivity index (χ0) is 18.3. The summed E-state index contributed by atoms with van der Waals surface area (Å²) in [4.78, 5) is 14.7. The number of carbonyl (C=O) groups is 1. The van der Waals surface area contributed by atoms with Crippen molar-refractivity contribution in [3.05, 3.63) is 71.0 Å². The quantitative estimate of drug-likeness (QED) is 0.760. The highest BCUT2D eigenvalue weighted by Crippen LogP contribution is 2.31. The van der Waals surface area contributed by atoms with Gasteiger partial charge in [0.1, 0.15) is 5.58 Å². The molecule has 1 N–H and O–H groups in total. The van der Waals surface area contributed by atoms with Crippen LogP contribution in [0.15, 0.2) is 52.9 Å². The van der Waals surface area contributed by atoms with Crippen molar-refractivity contribution in [3.8, 4) is 0 Å². The van der Waals surface area contributed by atoms with Gasteiger partial charge in [-0.2, -0.15) is 0 Å². The summed E-state index contributed by atoms with van der Waals surface area (Å²) in [6.45, 7) is 4.87. The summed E-state index contributed by atoms with van der Waals surface area (Å²) in [6, 6.07) is 16.0. The van der Waals surface area contributed by atoms with E-state index in [1.165, 1.54) is 0 Å². The number of furan rings is 1. The van der Waals surface area contributed by atoms with Crippen molar-refractivity contribution < 1.29 is 14.3 Å². The molecule has 0 saturated carbocycles. The predicted octanol–water partition coefficient (Wildman–Crippen LogP) is 4.04. The number of hydrogen-bond donors (Lipinski definition) is 1. The molecule has 2 aromatic carbocycles. The Morgan fingerprint density at radius 3 is 2.65 bits per heavy atom. The molecule has 1 aliphatic rings. The van der Waals surface area contributed by atoms with Gasteiger partial charge < -0.3 is 14.4 Å². The first kappa shape index (κ1) is 16.9. The minimum atomic E-state index is -0.568. The normalized spacial score (nSPS) is 20.5. The maximum Gasteiger partial charge on any atom is 0.289 e. The summed E-state index contributed by atoms with van der Waals surface area (Å²) < 4.78 is 5.87. The fourth-order valence-electron chi connectivity index (χ4n) is 3.89. The molecule has 134 valence electrons. The number of piperidine rings is 1. The molecule has 26 heavy (non-hydrogen) atoms. The number of aryl methyl sites for hydroxylation is 2. The number of aliphatic hydroxyl groups is 1. The molecule has 4 nitrogen and oxygen atoms in total. The molecule has 1 aliphatic heterocycles. The number of β-amino-alcohol motifs (C(OH)–C–C–N with tert-alkyl or cyclic N) is 1. The molecule has 3 aromatic rings. The highest BCUT2D eigenvalue weighted by Gasteiger charge is 2.33. The average Bonchev–Trinajstić information content (AvgIpc) is 2.97. The summed E-state index contributed by atoms with van der Waals surface area (Å²) in [7, 11) is 0. The molecule has 0 radical (unpaired) electrons. The van der Waals surface area contributed by atoms with Gasteiger partial charge in [-0.3, -0.25) is 4.79 Å². The second-order valence-corrected chi connectivity index (χ2v) is 7.18. The van der Waals surface area contributed by atoms with Gasteiger partial charge in [0.2, 0.25) is 0 Å². The molecule has 2 heterocycles. The van der Waals surface area contributed by atoms with Crippen LogP contribution in [0.25, 0.3) is 11.0 Å². The summed E-state index contributed by atoms with van der Waals surface area (Å²) in [6.07, 6.45) is 0.178. The van der Waals surface area contributed by atoms with Crippen molar-refractivity contribution in [2.45, 2.75) is 32.3 Å². The van der Waals surface area contributed by atoms with Gasteiger partial charge in [-0.25, -0.2) is 0 Å². The zero-order valence-corrected chi connectivity index (χ0v) is 15.1. The second kappa shape index (κ2) is 6.61. The van der Waals surface area contributed by atoms with Gasteiger partial charge >= 0.3 is 0 Å². The molecular weight excluding hydrogens is 326 g/mol. The highest BCUT2D eigenvalue weighted by atomic mass is 16.3. The number of benzene rings is 2. The number of aliphatic hydroxyl groups excluding tert-OH is 1. The molecule has 2 atom stereocenters. The Bertz CT molecular complexity index is 945. The van der Waals surface area contributed by atoms with E-state index in [0.29, 0.717) is 18.8 Å². The second-order valence-electron chi connectivity index (χ2n) is 7.18. The first-order valence-electron chi connectivity index (χ1n) is 9.06. The van der Waals surface area contributed by atoms with Crippen molar-refractivity contribution in [1.29, 1.82) is 0 Å². The Morgan fingerprint density at radius 1 is 1.15 bits per heavy atom. The van der Waals surface area contributed by atoms with Gasteiger partial charge in [0, 0.05) is 30.0 Å². The zero-order valence-electron chi connectivity index (χ0n) is 15.1. The maximum atomic E-state index is 13.0. The molecule has 0 unspecified atom stereocenters. The summed E-state index contributed by atoms with van der Waals surface area (Å²) in [5.74, 6) is 0.317. The van der Waals surface area contributed by atoms with Crippen LogP contribution in [0.2, 0.25) is 0 Å². The summed E-state index contributed by atoms with van der Waals surface area (Å²) >= 11 is 0. The van der Waals surface area contributed by atoms with E-state index in [0.717, 1.165) is 34.1 Å². The average molecular weight is 349 g/mol. The minimum absolute atomic E-state index is 0.0691. The van der Waals surface area contributed by atoms with Gasteiger partial charge in [0.05, 0.1) is 6.10 Å². The van der Waals surface area contributed by atoms with Gasteiger partial charge in [0.25, 0.3) is 5.91 Å². The molecule has 1 amide bonds. The van der Waals surface area contributed by atoms with Crippen LogP contribution in [0.5, 0.6) is 0 Å². The molecule has 1 saturated heterocycles. The van der Waals surface area contributed by atoms with Crippen molar-refractivity contribution in [2.24, 2.45) is 0 Å². The van der Waals surface area contributed by atoms with E-state index in [-0.39, 0.29) is 11.8 Å². The van der Waals surface area contributed by atoms with Crippen LogP contribution in [0.4, 0.5) is 0 Å². The van der Waals surface area contributed by atoms with E-state index >= 15 is 0 Å². The Kier molecular flexibility index (Phi) is 4.29. The Labute approximate surface area is 153 Å². The summed E-state index contributed by atoms with van der Waals surface area (Å²) in [5, 5.41) is 11.6. The van der Waals surface area contributed by atoms with Gasteiger partial charge in [0.15, 0.2) is 5.76 Å². The molecule has 1 aromatic heterocycles. The van der Waals surface area contributed by atoms with Crippen LogP contribution < -0.4 is 0 Å². The Hall–Kier alpha value is -2.59. The lowest BCUT2D eigenvalue weighted by molar-refractivity contribution is 0.0361. The molecule has 4 rings (SSSR count). The number of nitrogens with zero attached hydrogens (tertiary/aromatic N) is 1. The molecule has 4 heteroatoms. The van der Waals surface area contributed by atoms with Gasteiger partial charge in [-0.05, 0) is 37.5 Å². The topological polar surface area (TPSA) is 53.7 Å². The third-order valence-electron chi connectivity index (χ3n) is 5.38. The van der Waals surface area contributed by atoms with E-state index in [1.54, 1.807) is 4.90 Å². The van der Waals surface area contributed by atoms with Gasteiger partial charge in [-0.1, -0.05) is 42.5 Å². The van der Waals surface area contributed by atoms with Crippen LogP contribution in [-0.2, 0) is 0 Å². The number of fused-ring (bicyclic) bond motifs is 1. The first-order valence-corrected chi connectivity index (χ1v) is 9.06. The molecule has 0 spiro atoms. The monoisotopic (exact) mass is 349 g/mol. The Morgan fingerprint density at radius 2 is 1.92 bits per heavy atom. The number of amides is 1. The van der Waals surface area contributed by atoms with Crippen LogP contribution in [0.1, 0.15) is 39.6 Å². The molecule has 1 fully saturated rings. The van der Waals surface area contributed by atoms with Crippen molar-refractivity contribution >= 4 is 16.9 Å². The molecule has 0 bridgehead atoms. The van der Waals surface area contributed by atoms with Gasteiger partial charge in [-0.15, -0.1) is 0 Å². The number of carbonyl (C=O) groups excluding carboxylic acids is 1. The van der Waals surface area contributed by atoms with E-state index < -0.39 is 6.10 Å². The smallest absolute Gasteiger partial charge is 0.289 e. The summed E-state index contributed by atoms with van der Waals surface area (Å²) in [5.41, 5.74) is 3.84. The maximum absolute atomic E-state index is 13.0. The predicted molar refractivity (Wildman–Crippen MR) is 101 cm³/mol. The minimum Gasteiger partial charge on any atom is -0.451 e. The fraction of sp³-hybridized carbons (Fsp3) is 0.318. The first-order chi connectivity index (χ1) is 12.5. The van der Waals surface area contributed by atoms with Crippen LogP contribution in [0, 0.1) is 13.8 Å². The lowest BCUT2D eigenvalue weighted by atomic mass is 9.87. The van der Waals surface area contributed by atoms with Crippen LogP contribution >= 0.6 is 0 Å². The van der Waals surface area contributed by atoms with E-state index in [2.05, 4.69) is 0 Å². The standard InChI is InChI=1S/C22H23NO3/c1-14-8-9-17-15(2)21(26-20(17)12-14)22(25)23-11-10-18(19(24)13-23)16-6-4-3-5-7-16/h3-9,12,18-19,24H,10-11,13H2,1-2H3/t18-,19-/m1/s1. The SMILES string of the molecule is Cc1ccc2c(C)c(C(=O)N3CC[C@H](c4ccccc4)[C@H](O)C3)oc2c1. The van der Waals surface area contributed by atoms with E-state index in [9.17, 15) is 9.90 Å². The number of hydrogen-bond acceptors (Lipinski definition) is 3. The van der Waals surface area contributed by atoms with Crippen LogP contribution in [-0.4, -0.2) is 35.1 Å². The molecule has 0 aliphatic carbocycles. The lowest BCUT2D eigenvalue weighted by Gasteiger charge is -2.35. The highest BCUT2D eigenvalue weighted by molar-refractivity contribution is 5.99. The largest absolute Gasteiger partial charge is 0.451 e.